The van der Waals surface area contributed by atoms with E-state index in [0.717, 1.165) is 5.56 Å². The van der Waals surface area contributed by atoms with Crippen molar-refractivity contribution in [2.24, 2.45) is 0 Å². The lowest BCUT2D eigenvalue weighted by molar-refractivity contribution is -0.177. The van der Waals surface area contributed by atoms with E-state index in [9.17, 15) is 4.79 Å². The molecule has 1 fully saturated rings. The Morgan fingerprint density at radius 2 is 1.84 bits per heavy atom. The van der Waals surface area contributed by atoms with Crippen molar-refractivity contribution in [2.75, 3.05) is 14.2 Å². The molecule has 104 valence electrons. The van der Waals surface area contributed by atoms with Crippen LogP contribution in [0.1, 0.15) is 5.56 Å². The fourth-order valence-electron chi connectivity index (χ4n) is 2.16. The van der Waals surface area contributed by atoms with Crippen LogP contribution in [0.15, 0.2) is 30.3 Å². The van der Waals surface area contributed by atoms with Crippen molar-refractivity contribution in [1.82, 2.24) is 0 Å². The maximum Gasteiger partial charge on any atom is 0.187 e. The lowest BCUT2D eigenvalue weighted by Gasteiger charge is -2.20. The number of hydrogen-bond donors (Lipinski definition) is 0. The third-order valence-electron chi connectivity index (χ3n) is 3.14. The molecule has 4 atom stereocenters. The summed E-state index contributed by atoms with van der Waals surface area (Å²) in [6.07, 6.45) is -1.40. The molecule has 1 aromatic rings. The highest BCUT2D eigenvalue weighted by Crippen LogP contribution is 2.26. The Hall–Kier alpha value is -1.27. The summed E-state index contributed by atoms with van der Waals surface area (Å²) in [6.45, 7) is 0.396. The predicted octanol–water partition coefficient (Wildman–Crippen LogP) is 1.16. The zero-order valence-electron chi connectivity index (χ0n) is 11.0. The standard InChI is InChI=1S/C14H18O5/c1-16-12-11(8-15)19-14(13(12)17-2)18-9-10-6-4-3-5-7-10/h3-8,11-14H,9H2,1-2H3. The average molecular weight is 266 g/mol. The third kappa shape index (κ3) is 3.19. The van der Waals surface area contributed by atoms with Crippen LogP contribution in [-0.4, -0.2) is 45.1 Å². The molecule has 5 nitrogen and oxygen atoms in total. The maximum atomic E-state index is 10.9. The van der Waals surface area contributed by atoms with Gasteiger partial charge in [-0.05, 0) is 5.56 Å². The smallest absolute Gasteiger partial charge is 0.187 e. The summed E-state index contributed by atoms with van der Waals surface area (Å²) >= 11 is 0. The second-order valence-corrected chi connectivity index (χ2v) is 4.30. The quantitative estimate of drug-likeness (QED) is 0.723. The molecule has 0 aromatic heterocycles. The molecule has 0 N–H and O–H groups in total. The third-order valence-corrected chi connectivity index (χ3v) is 3.14. The maximum absolute atomic E-state index is 10.9. The van der Waals surface area contributed by atoms with Gasteiger partial charge in [0.2, 0.25) is 0 Å². The van der Waals surface area contributed by atoms with Crippen LogP contribution in [0.3, 0.4) is 0 Å². The molecule has 2 rings (SSSR count). The molecule has 0 radical (unpaired) electrons. The SMILES string of the molecule is COC1C(C=O)OC(OCc2ccccc2)C1OC. The van der Waals surface area contributed by atoms with E-state index in [1.807, 2.05) is 30.3 Å². The van der Waals surface area contributed by atoms with Crippen LogP contribution in [-0.2, 0) is 30.3 Å². The van der Waals surface area contributed by atoms with Crippen molar-refractivity contribution in [3.63, 3.8) is 0 Å². The summed E-state index contributed by atoms with van der Waals surface area (Å²) in [4.78, 5) is 10.9. The van der Waals surface area contributed by atoms with Crippen LogP contribution in [0, 0.1) is 0 Å². The number of carbonyl (C=O) groups is 1. The van der Waals surface area contributed by atoms with Gasteiger partial charge in [0.05, 0.1) is 6.61 Å². The zero-order chi connectivity index (χ0) is 13.7. The van der Waals surface area contributed by atoms with Gasteiger partial charge in [0.15, 0.2) is 12.6 Å². The van der Waals surface area contributed by atoms with Gasteiger partial charge in [-0.3, -0.25) is 0 Å². The van der Waals surface area contributed by atoms with Gasteiger partial charge in [-0.15, -0.1) is 0 Å². The highest BCUT2D eigenvalue weighted by molar-refractivity contribution is 5.58. The molecular formula is C14H18O5. The van der Waals surface area contributed by atoms with Crippen molar-refractivity contribution in [2.45, 2.75) is 31.2 Å². The molecule has 0 saturated carbocycles. The largest absolute Gasteiger partial charge is 0.375 e. The summed E-state index contributed by atoms with van der Waals surface area (Å²) in [7, 11) is 3.07. The van der Waals surface area contributed by atoms with Crippen LogP contribution in [0.4, 0.5) is 0 Å². The van der Waals surface area contributed by atoms with Crippen LogP contribution in [0.25, 0.3) is 0 Å². The highest BCUT2D eigenvalue weighted by Gasteiger charge is 2.46. The monoisotopic (exact) mass is 266 g/mol. The molecule has 4 unspecified atom stereocenters. The van der Waals surface area contributed by atoms with Gasteiger partial charge in [-0.2, -0.15) is 0 Å². The Morgan fingerprint density at radius 1 is 1.16 bits per heavy atom. The second-order valence-electron chi connectivity index (χ2n) is 4.30. The predicted molar refractivity (Wildman–Crippen MR) is 67.6 cm³/mol. The number of carbonyl (C=O) groups excluding carboxylic acids is 1. The molecule has 5 heteroatoms. The number of rotatable bonds is 6. The summed E-state index contributed by atoms with van der Waals surface area (Å²) in [5.41, 5.74) is 1.03. The molecule has 1 aliphatic heterocycles. The van der Waals surface area contributed by atoms with Gasteiger partial charge in [0.1, 0.15) is 18.3 Å². The van der Waals surface area contributed by atoms with Gasteiger partial charge < -0.3 is 23.7 Å². The first-order chi connectivity index (χ1) is 9.30. The average Bonchev–Trinajstić information content (AvgIpc) is 2.82. The van der Waals surface area contributed by atoms with Crippen molar-refractivity contribution in [3.8, 4) is 0 Å². The fourth-order valence-corrected chi connectivity index (χ4v) is 2.16. The second kappa shape index (κ2) is 6.77. The zero-order valence-corrected chi connectivity index (χ0v) is 11.0. The van der Waals surface area contributed by atoms with Gasteiger partial charge in [-0.1, -0.05) is 30.3 Å². The van der Waals surface area contributed by atoms with Gasteiger partial charge in [-0.25, -0.2) is 0 Å². The van der Waals surface area contributed by atoms with E-state index in [1.165, 1.54) is 7.11 Å². The van der Waals surface area contributed by atoms with Gasteiger partial charge >= 0.3 is 0 Å². The Balaban J connectivity index is 1.97. The first kappa shape index (κ1) is 14.1. The number of aldehydes is 1. The highest BCUT2D eigenvalue weighted by atomic mass is 16.7. The van der Waals surface area contributed by atoms with Crippen LogP contribution >= 0.6 is 0 Å². The minimum atomic E-state index is -0.657. The molecule has 1 heterocycles. The van der Waals surface area contributed by atoms with E-state index >= 15 is 0 Å². The first-order valence-corrected chi connectivity index (χ1v) is 6.12. The molecule has 19 heavy (non-hydrogen) atoms. The summed E-state index contributed by atoms with van der Waals surface area (Å²) < 4.78 is 21.7. The van der Waals surface area contributed by atoms with E-state index in [0.29, 0.717) is 12.9 Å². The normalized spacial score (nSPS) is 30.4. The van der Waals surface area contributed by atoms with E-state index in [4.69, 9.17) is 18.9 Å². The van der Waals surface area contributed by atoms with E-state index in [-0.39, 0.29) is 0 Å². The Kier molecular flexibility index (Phi) is 5.04. The summed E-state index contributed by atoms with van der Waals surface area (Å²) in [5.74, 6) is 0. The lowest BCUT2D eigenvalue weighted by atomic mass is 10.1. The number of ether oxygens (including phenoxy) is 4. The van der Waals surface area contributed by atoms with E-state index < -0.39 is 24.6 Å². The molecule has 1 aliphatic rings. The minimum Gasteiger partial charge on any atom is -0.375 e. The molecule has 0 bridgehead atoms. The van der Waals surface area contributed by atoms with Gasteiger partial charge in [0, 0.05) is 14.2 Å². The fraction of sp³-hybridized carbons (Fsp3) is 0.500. The van der Waals surface area contributed by atoms with E-state index in [2.05, 4.69) is 0 Å². The Labute approximate surface area is 112 Å². The molecule has 0 amide bonds. The lowest BCUT2D eigenvalue weighted by Crippen LogP contribution is -2.37. The first-order valence-electron chi connectivity index (χ1n) is 6.12. The Bertz CT molecular complexity index is 394. The summed E-state index contributed by atoms with van der Waals surface area (Å²) in [6, 6.07) is 9.74. The van der Waals surface area contributed by atoms with Gasteiger partial charge in [0.25, 0.3) is 0 Å². The van der Waals surface area contributed by atoms with Crippen molar-refractivity contribution >= 4 is 6.29 Å². The number of benzene rings is 1. The number of hydrogen-bond acceptors (Lipinski definition) is 5. The molecular weight excluding hydrogens is 248 g/mol. The topological polar surface area (TPSA) is 54.0 Å². The van der Waals surface area contributed by atoms with Crippen molar-refractivity contribution < 1.29 is 23.7 Å². The summed E-state index contributed by atoms with van der Waals surface area (Å²) in [5, 5.41) is 0. The van der Waals surface area contributed by atoms with Crippen molar-refractivity contribution in [1.29, 1.82) is 0 Å². The van der Waals surface area contributed by atoms with E-state index in [1.54, 1.807) is 7.11 Å². The molecule has 0 spiro atoms. The van der Waals surface area contributed by atoms with Crippen molar-refractivity contribution in [3.05, 3.63) is 35.9 Å². The van der Waals surface area contributed by atoms with Crippen LogP contribution < -0.4 is 0 Å². The molecule has 1 saturated heterocycles. The van der Waals surface area contributed by atoms with Crippen LogP contribution in [0.5, 0.6) is 0 Å². The molecule has 0 aliphatic carbocycles. The number of methoxy groups -OCH3 is 2. The van der Waals surface area contributed by atoms with Crippen LogP contribution in [0.2, 0.25) is 0 Å². The molecule has 1 aromatic carbocycles. The minimum absolute atomic E-state index is 0.396. The Morgan fingerprint density at radius 3 is 2.42 bits per heavy atom.